The van der Waals surface area contributed by atoms with Crippen LogP contribution in [-0.2, 0) is 11.2 Å². The number of ether oxygens (including phenoxy) is 1. The van der Waals surface area contributed by atoms with Gasteiger partial charge in [-0.1, -0.05) is 29.8 Å². The molecule has 7 heteroatoms. The summed E-state index contributed by atoms with van der Waals surface area (Å²) < 4.78 is 5.27. The molecule has 114 valence electrons. The van der Waals surface area contributed by atoms with Gasteiger partial charge < -0.3 is 14.7 Å². The van der Waals surface area contributed by atoms with E-state index in [1.165, 1.54) is 5.56 Å². The number of carboxylic acids is 1. The number of rotatable bonds is 5. The van der Waals surface area contributed by atoms with Gasteiger partial charge in [0, 0.05) is 18.3 Å². The maximum atomic E-state index is 10.5. The van der Waals surface area contributed by atoms with Crippen LogP contribution >= 0.6 is 11.6 Å². The van der Waals surface area contributed by atoms with Crippen LogP contribution in [-0.4, -0.2) is 34.2 Å². The Bertz CT molecular complexity index is 708. The summed E-state index contributed by atoms with van der Waals surface area (Å²) in [5, 5.41) is 8.89. The number of nitrogens with zero attached hydrogens (tertiary/aromatic N) is 3. The first-order chi connectivity index (χ1) is 10.6. The molecule has 3 rings (SSSR count). The van der Waals surface area contributed by atoms with E-state index in [1.54, 1.807) is 6.07 Å². The van der Waals surface area contributed by atoms with Gasteiger partial charge in [-0.2, -0.15) is 9.97 Å². The van der Waals surface area contributed by atoms with E-state index in [-0.39, 0.29) is 24.2 Å². The number of hydrogen-bond acceptors (Lipinski definition) is 5. The third-order valence-corrected chi connectivity index (χ3v) is 3.57. The molecule has 0 saturated carbocycles. The topological polar surface area (TPSA) is 75.6 Å². The van der Waals surface area contributed by atoms with Gasteiger partial charge in [0.1, 0.15) is 17.6 Å². The number of carbonyl (C=O) groups is 1. The molecular formula is C15H14ClN3O3. The van der Waals surface area contributed by atoms with Gasteiger partial charge in [0.2, 0.25) is 0 Å². The lowest BCUT2D eigenvalue weighted by atomic mass is 10.2. The van der Waals surface area contributed by atoms with Gasteiger partial charge in [-0.3, -0.25) is 4.79 Å². The number of fused-ring (bicyclic) bond motifs is 1. The van der Waals surface area contributed by atoms with Gasteiger partial charge in [-0.25, -0.2) is 0 Å². The van der Waals surface area contributed by atoms with Crippen LogP contribution in [0.25, 0.3) is 0 Å². The van der Waals surface area contributed by atoms with Crippen LogP contribution in [0.15, 0.2) is 30.3 Å². The Morgan fingerprint density at radius 3 is 3.00 bits per heavy atom. The smallest absolute Gasteiger partial charge is 0.319 e. The van der Waals surface area contributed by atoms with Crippen molar-refractivity contribution in [2.24, 2.45) is 0 Å². The summed E-state index contributed by atoms with van der Waals surface area (Å²) in [6.45, 7) is 0.812. The second-order valence-corrected chi connectivity index (χ2v) is 5.24. The van der Waals surface area contributed by atoms with E-state index in [2.05, 4.69) is 16.0 Å². The zero-order valence-corrected chi connectivity index (χ0v) is 12.5. The van der Waals surface area contributed by atoms with Crippen molar-refractivity contribution < 1.29 is 14.6 Å². The van der Waals surface area contributed by atoms with E-state index in [0.29, 0.717) is 5.82 Å². The van der Waals surface area contributed by atoms with E-state index >= 15 is 0 Å². The van der Waals surface area contributed by atoms with E-state index in [1.807, 2.05) is 23.1 Å². The Labute approximate surface area is 132 Å². The molecule has 2 aromatic rings. The number of aromatic nitrogens is 2. The zero-order valence-electron chi connectivity index (χ0n) is 11.7. The van der Waals surface area contributed by atoms with Crippen LogP contribution < -0.4 is 9.64 Å². The van der Waals surface area contributed by atoms with Crippen LogP contribution in [0, 0.1) is 0 Å². The maximum Gasteiger partial charge on any atom is 0.319 e. The van der Waals surface area contributed by atoms with E-state index in [9.17, 15) is 4.79 Å². The summed E-state index contributed by atoms with van der Waals surface area (Å²) in [6, 6.07) is 9.87. The first kappa shape index (κ1) is 14.6. The second kappa shape index (κ2) is 6.19. The summed E-state index contributed by atoms with van der Waals surface area (Å²) in [5.74, 6) is -0.286. The molecule has 1 N–H and O–H groups in total. The number of carboxylic acid groups (broad SMARTS) is 1. The largest absolute Gasteiger partial charge is 0.481 e. The minimum atomic E-state index is -0.935. The van der Waals surface area contributed by atoms with Crippen molar-refractivity contribution in [1.29, 1.82) is 0 Å². The molecule has 1 aromatic carbocycles. The molecule has 0 amide bonds. The predicted octanol–water partition coefficient (Wildman–Crippen LogP) is 2.68. The van der Waals surface area contributed by atoms with Gasteiger partial charge in [0.25, 0.3) is 0 Å². The molecule has 1 aliphatic heterocycles. The molecule has 0 aliphatic carbocycles. The Kier molecular flexibility index (Phi) is 4.11. The molecule has 0 radical (unpaired) electrons. The van der Waals surface area contributed by atoms with Gasteiger partial charge in [-0.15, -0.1) is 0 Å². The van der Waals surface area contributed by atoms with Crippen LogP contribution in [0.3, 0.4) is 0 Å². The molecule has 2 heterocycles. The third kappa shape index (κ3) is 3.12. The molecule has 6 nitrogen and oxygen atoms in total. The highest BCUT2D eigenvalue weighted by Gasteiger charge is 2.22. The van der Waals surface area contributed by atoms with Crippen LogP contribution in [0.1, 0.15) is 12.0 Å². The first-order valence-corrected chi connectivity index (χ1v) is 7.26. The molecule has 1 aromatic heterocycles. The molecule has 0 fully saturated rings. The lowest BCUT2D eigenvalue weighted by Gasteiger charge is -2.18. The molecule has 0 atom stereocenters. The molecule has 1 aliphatic rings. The van der Waals surface area contributed by atoms with Crippen molar-refractivity contribution in [3.8, 4) is 6.01 Å². The fourth-order valence-corrected chi connectivity index (χ4v) is 2.56. The molecule has 0 bridgehead atoms. The number of aliphatic carboxylic acids is 1. The zero-order chi connectivity index (χ0) is 15.5. The van der Waals surface area contributed by atoms with Gasteiger partial charge in [0.05, 0.1) is 6.42 Å². The number of halogens is 1. The van der Waals surface area contributed by atoms with Crippen LogP contribution in [0.2, 0.25) is 5.15 Å². The Morgan fingerprint density at radius 1 is 1.36 bits per heavy atom. The Morgan fingerprint density at radius 2 is 2.18 bits per heavy atom. The summed E-state index contributed by atoms with van der Waals surface area (Å²) in [5.41, 5.74) is 2.35. The SMILES string of the molecule is O=C(O)CCOc1nc(Cl)cc(N2CCc3ccccc32)n1. The lowest BCUT2D eigenvalue weighted by molar-refractivity contribution is -0.137. The highest BCUT2D eigenvalue weighted by atomic mass is 35.5. The van der Waals surface area contributed by atoms with Crippen molar-refractivity contribution in [2.45, 2.75) is 12.8 Å². The third-order valence-electron chi connectivity index (χ3n) is 3.37. The van der Waals surface area contributed by atoms with Gasteiger partial charge in [0.15, 0.2) is 0 Å². The van der Waals surface area contributed by atoms with E-state index in [4.69, 9.17) is 21.4 Å². The molecule has 0 spiro atoms. The van der Waals surface area contributed by atoms with E-state index in [0.717, 1.165) is 18.7 Å². The average molecular weight is 320 g/mol. The van der Waals surface area contributed by atoms with Crippen molar-refractivity contribution >= 4 is 29.1 Å². The number of anilines is 2. The summed E-state index contributed by atoms with van der Waals surface area (Å²) in [6.07, 6.45) is 0.824. The molecular weight excluding hydrogens is 306 g/mol. The predicted molar refractivity (Wildman–Crippen MR) is 81.9 cm³/mol. The van der Waals surface area contributed by atoms with E-state index < -0.39 is 5.97 Å². The van der Waals surface area contributed by atoms with Gasteiger partial charge in [-0.05, 0) is 18.1 Å². The minimum Gasteiger partial charge on any atom is -0.481 e. The monoisotopic (exact) mass is 319 g/mol. The van der Waals surface area contributed by atoms with Gasteiger partial charge >= 0.3 is 12.0 Å². The Balaban J connectivity index is 1.83. The van der Waals surface area contributed by atoms with Crippen molar-refractivity contribution in [1.82, 2.24) is 9.97 Å². The fraction of sp³-hybridized carbons (Fsp3) is 0.267. The van der Waals surface area contributed by atoms with Crippen molar-refractivity contribution in [3.63, 3.8) is 0 Å². The first-order valence-electron chi connectivity index (χ1n) is 6.88. The highest BCUT2D eigenvalue weighted by Crippen LogP contribution is 2.34. The fourth-order valence-electron chi connectivity index (χ4n) is 2.39. The van der Waals surface area contributed by atoms with Crippen LogP contribution in [0.5, 0.6) is 6.01 Å². The second-order valence-electron chi connectivity index (χ2n) is 4.85. The Hall–Kier alpha value is -2.34. The number of benzene rings is 1. The highest BCUT2D eigenvalue weighted by molar-refractivity contribution is 6.29. The summed E-state index contributed by atoms with van der Waals surface area (Å²) in [7, 11) is 0. The normalized spacial score (nSPS) is 13.0. The van der Waals surface area contributed by atoms with Crippen LogP contribution in [0.4, 0.5) is 11.5 Å². The summed E-state index contributed by atoms with van der Waals surface area (Å²) >= 11 is 6.02. The molecule has 22 heavy (non-hydrogen) atoms. The minimum absolute atomic E-state index is 0.00566. The standard InChI is InChI=1S/C15H14ClN3O3/c16-12-9-13(18-15(17-12)22-8-6-14(20)21)19-7-5-10-3-1-2-4-11(10)19/h1-4,9H,5-8H2,(H,20,21). The lowest BCUT2D eigenvalue weighted by Crippen LogP contribution is -2.16. The molecule has 0 unspecified atom stereocenters. The summed E-state index contributed by atoms with van der Waals surface area (Å²) in [4.78, 5) is 20.9. The maximum absolute atomic E-state index is 10.5. The number of hydrogen-bond donors (Lipinski definition) is 1. The number of para-hydroxylation sites is 1. The van der Waals surface area contributed by atoms with Crippen molar-refractivity contribution in [3.05, 3.63) is 41.0 Å². The molecule has 0 saturated heterocycles. The quantitative estimate of drug-likeness (QED) is 0.854. The van der Waals surface area contributed by atoms with Crippen molar-refractivity contribution in [2.75, 3.05) is 18.1 Å². The average Bonchev–Trinajstić information content (AvgIpc) is 2.90.